The minimum Gasteiger partial charge on any atom is -0.508 e. The van der Waals surface area contributed by atoms with E-state index in [0.29, 0.717) is 23.0 Å². The Kier molecular flexibility index (Phi) is 10.6. The van der Waals surface area contributed by atoms with E-state index >= 15 is 0 Å². The highest BCUT2D eigenvalue weighted by atomic mass is 16.5. The van der Waals surface area contributed by atoms with E-state index in [9.17, 15) is 19.5 Å². The molecule has 0 radical (unpaired) electrons. The first kappa shape index (κ1) is 32.6. The maximum absolute atomic E-state index is 10.3. The van der Waals surface area contributed by atoms with E-state index in [4.69, 9.17) is 25.2 Å². The van der Waals surface area contributed by atoms with Crippen LogP contribution in [-0.4, -0.2) is 87.8 Å². The number of phenolic OH excluding ortho intramolecular Hbond substituents is 1. The molecule has 3 aliphatic carbocycles. The number of benzene rings is 1. The number of ether oxygens (including phenoxy) is 1. The molecule has 5 atom stereocenters. The second-order valence-electron chi connectivity index (χ2n) is 12.4. The molecular weight excluding hydrogens is 530 g/mol. The van der Waals surface area contributed by atoms with E-state index < -0.39 is 36.4 Å². The second-order valence-corrected chi connectivity index (χ2v) is 12.4. The number of hydrogen-bond acceptors (Lipinski definition) is 7. The SMILES string of the molecule is C[C@@H]1Cc2cc(O)ccc2[C@H]2CC[C@]3(C)/C(=C/COCCN(C)C)CC[C@H]3[C@H]12.O=C(O)CC(O)(CC(=O)O)C(=O)O. The average molecular weight is 576 g/mol. The summed E-state index contributed by atoms with van der Waals surface area (Å²) in [5, 5.41) is 43.7. The molecule has 3 aliphatic rings. The van der Waals surface area contributed by atoms with Crippen molar-refractivity contribution >= 4 is 17.9 Å². The largest absolute Gasteiger partial charge is 0.508 e. The predicted octanol–water partition coefficient (Wildman–Crippen LogP) is 3.75. The van der Waals surface area contributed by atoms with Crippen molar-refractivity contribution in [3.05, 3.63) is 41.0 Å². The molecule has 0 aliphatic heterocycles. The molecule has 0 bridgehead atoms. The predicted molar refractivity (Wildman–Crippen MR) is 152 cm³/mol. The van der Waals surface area contributed by atoms with E-state index in [1.165, 1.54) is 36.8 Å². The summed E-state index contributed by atoms with van der Waals surface area (Å²) in [4.78, 5) is 32.7. The number of carboxylic acid groups (broad SMARTS) is 3. The number of aliphatic hydroxyl groups is 1. The van der Waals surface area contributed by atoms with Crippen molar-refractivity contribution in [2.75, 3.05) is 33.9 Å². The van der Waals surface area contributed by atoms with E-state index in [1.54, 1.807) is 5.57 Å². The van der Waals surface area contributed by atoms with Crippen LogP contribution in [0.1, 0.15) is 69.4 Å². The Labute approximate surface area is 241 Å². The minimum absolute atomic E-state index is 0.356. The van der Waals surface area contributed by atoms with Crippen LogP contribution in [-0.2, 0) is 25.5 Å². The van der Waals surface area contributed by atoms with Gasteiger partial charge in [0.25, 0.3) is 0 Å². The van der Waals surface area contributed by atoms with E-state index in [2.05, 4.69) is 45.0 Å². The van der Waals surface area contributed by atoms with E-state index in [-0.39, 0.29) is 0 Å². The fourth-order valence-corrected chi connectivity index (χ4v) is 7.35. The third kappa shape index (κ3) is 7.67. The van der Waals surface area contributed by atoms with Crippen molar-refractivity contribution < 1.29 is 44.7 Å². The van der Waals surface area contributed by atoms with E-state index in [1.807, 2.05) is 12.1 Å². The van der Waals surface area contributed by atoms with Crippen molar-refractivity contribution in [1.29, 1.82) is 0 Å². The lowest BCUT2D eigenvalue weighted by Gasteiger charge is -2.52. The molecule has 0 saturated heterocycles. The summed E-state index contributed by atoms with van der Waals surface area (Å²) in [6.07, 6.45) is 6.38. The summed E-state index contributed by atoms with van der Waals surface area (Å²) in [5.74, 6) is -1.67. The summed E-state index contributed by atoms with van der Waals surface area (Å²) in [6.45, 7) is 7.53. The number of carboxylic acids is 3. The molecule has 0 spiro atoms. The third-order valence-corrected chi connectivity index (χ3v) is 9.32. The maximum atomic E-state index is 10.3. The molecule has 10 nitrogen and oxygen atoms in total. The summed E-state index contributed by atoms with van der Waals surface area (Å²) >= 11 is 0. The van der Waals surface area contributed by atoms with Gasteiger partial charge in [0.15, 0.2) is 5.60 Å². The summed E-state index contributed by atoms with van der Waals surface area (Å²) in [5.41, 5.74) is 2.18. The van der Waals surface area contributed by atoms with Crippen LogP contribution in [0, 0.1) is 23.2 Å². The van der Waals surface area contributed by atoms with Gasteiger partial charge in [-0.05, 0) is 98.5 Å². The number of aromatic hydroxyl groups is 1. The Bertz CT molecular complexity index is 1130. The number of phenols is 1. The highest BCUT2D eigenvalue weighted by Crippen LogP contribution is 2.63. The first-order valence-electron chi connectivity index (χ1n) is 14.3. The van der Waals surface area contributed by atoms with Gasteiger partial charge in [0.1, 0.15) is 5.75 Å². The van der Waals surface area contributed by atoms with Crippen LogP contribution in [0.5, 0.6) is 5.75 Å². The highest BCUT2D eigenvalue weighted by molar-refractivity contribution is 5.88. The van der Waals surface area contributed by atoms with Crippen LogP contribution in [0.15, 0.2) is 29.8 Å². The molecule has 0 unspecified atom stereocenters. The van der Waals surface area contributed by atoms with Crippen LogP contribution >= 0.6 is 0 Å². The van der Waals surface area contributed by atoms with Gasteiger partial charge in [-0.3, -0.25) is 9.59 Å². The lowest BCUT2D eigenvalue weighted by molar-refractivity contribution is -0.170. The molecule has 41 heavy (non-hydrogen) atoms. The summed E-state index contributed by atoms with van der Waals surface area (Å²) in [6, 6.07) is 6.12. The third-order valence-electron chi connectivity index (χ3n) is 9.32. The molecule has 2 saturated carbocycles. The van der Waals surface area contributed by atoms with Gasteiger partial charge < -0.3 is 35.2 Å². The Morgan fingerprint density at radius 1 is 1.12 bits per heavy atom. The molecule has 228 valence electrons. The molecule has 0 amide bonds. The maximum Gasteiger partial charge on any atom is 0.336 e. The van der Waals surface area contributed by atoms with Crippen LogP contribution in [0.2, 0.25) is 0 Å². The molecule has 1 aromatic rings. The van der Waals surface area contributed by atoms with Gasteiger partial charge in [0.2, 0.25) is 0 Å². The van der Waals surface area contributed by atoms with E-state index in [0.717, 1.165) is 38.0 Å². The smallest absolute Gasteiger partial charge is 0.336 e. The van der Waals surface area contributed by atoms with Crippen LogP contribution in [0.4, 0.5) is 0 Å². The molecule has 1 aromatic carbocycles. The standard InChI is InChI=1S/C25H37NO2.C6H8O7/c1-17-15-18-16-20(27)6-7-21(18)22-9-11-25(2)19(5-8-23(25)24(17)22)10-13-28-14-12-26(3)4;7-3(8)1-6(13,5(11)12)2-4(9)10/h6-7,10,16-17,22-24,27H,5,8-9,11-15H2,1-4H3;13H,1-2H2,(H,7,8)(H,9,10)(H,11,12)/b19-10+;/t17-,22-,23+,24-,25-;/m1./s1. The van der Waals surface area contributed by atoms with Gasteiger partial charge in [-0.2, -0.15) is 0 Å². The van der Waals surface area contributed by atoms with Crippen molar-refractivity contribution in [2.24, 2.45) is 23.2 Å². The molecule has 5 N–H and O–H groups in total. The summed E-state index contributed by atoms with van der Waals surface area (Å²) < 4.78 is 5.87. The Hall–Kier alpha value is -2.95. The Morgan fingerprint density at radius 3 is 2.37 bits per heavy atom. The lowest BCUT2D eigenvalue weighted by Crippen LogP contribution is -2.43. The van der Waals surface area contributed by atoms with Crippen LogP contribution < -0.4 is 0 Å². The van der Waals surface area contributed by atoms with Gasteiger partial charge in [0, 0.05) is 6.54 Å². The van der Waals surface area contributed by atoms with Crippen LogP contribution in [0.25, 0.3) is 0 Å². The van der Waals surface area contributed by atoms with Gasteiger partial charge in [0.05, 0.1) is 26.1 Å². The number of allylic oxidation sites excluding steroid dienone is 1. The number of nitrogens with zero attached hydrogens (tertiary/aromatic N) is 1. The number of fused-ring (bicyclic) bond motifs is 5. The average Bonchev–Trinajstić information content (AvgIpc) is 3.18. The number of carbonyl (C=O) groups is 3. The molecule has 0 aromatic heterocycles. The van der Waals surface area contributed by atoms with Gasteiger partial charge >= 0.3 is 17.9 Å². The zero-order valence-electron chi connectivity index (χ0n) is 24.5. The topological polar surface area (TPSA) is 165 Å². The lowest BCUT2D eigenvalue weighted by atomic mass is 9.52. The number of likely N-dealkylation sites (N-methyl/N-ethyl adjacent to an activating group) is 1. The van der Waals surface area contributed by atoms with Crippen molar-refractivity contribution in [1.82, 2.24) is 4.90 Å². The number of aliphatic carboxylic acids is 3. The normalized spacial score (nSPS) is 27.8. The Morgan fingerprint density at radius 2 is 1.78 bits per heavy atom. The first-order chi connectivity index (χ1) is 19.2. The molecular formula is C31H45NO9. The van der Waals surface area contributed by atoms with Gasteiger partial charge in [-0.15, -0.1) is 0 Å². The molecule has 10 heteroatoms. The molecule has 0 heterocycles. The zero-order chi connectivity index (χ0) is 30.5. The fourth-order valence-electron chi connectivity index (χ4n) is 7.35. The molecule has 2 fully saturated rings. The van der Waals surface area contributed by atoms with Crippen molar-refractivity contribution in [3.63, 3.8) is 0 Å². The number of hydrogen-bond donors (Lipinski definition) is 5. The first-order valence-corrected chi connectivity index (χ1v) is 14.3. The summed E-state index contributed by atoms with van der Waals surface area (Å²) in [7, 11) is 4.18. The minimum atomic E-state index is -2.74. The van der Waals surface area contributed by atoms with Gasteiger partial charge in [-0.1, -0.05) is 31.6 Å². The monoisotopic (exact) mass is 575 g/mol. The van der Waals surface area contributed by atoms with Crippen molar-refractivity contribution in [3.8, 4) is 5.75 Å². The number of rotatable bonds is 10. The molecule has 4 rings (SSSR count). The fraction of sp³-hybridized carbons (Fsp3) is 0.645. The van der Waals surface area contributed by atoms with Crippen molar-refractivity contribution in [2.45, 2.75) is 70.3 Å². The Balaban J connectivity index is 0.000000302. The quantitative estimate of drug-likeness (QED) is 0.205. The van der Waals surface area contributed by atoms with Gasteiger partial charge in [-0.25, -0.2) is 4.79 Å². The highest BCUT2D eigenvalue weighted by Gasteiger charge is 2.54. The zero-order valence-corrected chi connectivity index (χ0v) is 24.5. The van der Waals surface area contributed by atoms with Crippen LogP contribution in [0.3, 0.4) is 0 Å². The second kappa shape index (κ2) is 13.4.